The first-order chi connectivity index (χ1) is 28.6. The topological polar surface area (TPSA) is 3.24 Å². The van der Waals surface area contributed by atoms with E-state index in [0.29, 0.717) is 0 Å². The molecule has 0 N–H and O–H groups in total. The van der Waals surface area contributed by atoms with Crippen molar-refractivity contribution in [1.29, 1.82) is 0 Å². The molecule has 0 aliphatic heterocycles. The number of anilines is 2. The van der Waals surface area contributed by atoms with Crippen molar-refractivity contribution >= 4 is 16.9 Å². The van der Waals surface area contributed by atoms with E-state index in [1.807, 2.05) is 0 Å². The third-order valence-electron chi connectivity index (χ3n) is 12.4. The van der Waals surface area contributed by atoms with Crippen molar-refractivity contribution in [2.45, 2.75) is 31.2 Å². The minimum Gasteiger partial charge on any atom is -0.326 e. The fourth-order valence-corrected chi connectivity index (χ4v) is 9.90. The van der Waals surface area contributed by atoms with Crippen molar-refractivity contribution in [3.05, 3.63) is 247 Å². The zero-order valence-electron chi connectivity index (χ0n) is 33.0. The molecule has 0 amide bonds. The molecule has 0 radical (unpaired) electrons. The van der Waals surface area contributed by atoms with Crippen molar-refractivity contribution in [3.63, 3.8) is 0 Å². The third-order valence-corrected chi connectivity index (χ3v) is 12.4. The van der Waals surface area contributed by atoms with Crippen LogP contribution in [0.2, 0.25) is 0 Å². The van der Waals surface area contributed by atoms with Crippen LogP contribution in [0.4, 0.5) is 11.4 Å². The van der Waals surface area contributed by atoms with Gasteiger partial charge in [-0.1, -0.05) is 220 Å². The molecule has 0 spiro atoms. The fraction of sp³-hybridized carbons (Fsp3) is 0.0877. The van der Waals surface area contributed by atoms with Gasteiger partial charge in [0.15, 0.2) is 0 Å². The van der Waals surface area contributed by atoms with Crippen LogP contribution in [0, 0.1) is 0 Å². The van der Waals surface area contributed by atoms with Crippen LogP contribution in [0.15, 0.2) is 224 Å². The van der Waals surface area contributed by atoms with E-state index in [4.69, 9.17) is 0 Å². The lowest BCUT2D eigenvalue weighted by molar-refractivity contribution is 0.568. The van der Waals surface area contributed by atoms with E-state index >= 15 is 0 Å². The molecule has 0 heterocycles. The molecule has 0 fully saturated rings. The summed E-state index contributed by atoms with van der Waals surface area (Å²) in [5.74, 6) is 0. The van der Waals surface area contributed by atoms with Crippen LogP contribution in [0.1, 0.15) is 42.5 Å². The maximum atomic E-state index is 2.67. The molecule has 8 aromatic rings. The number of rotatable bonds is 8. The van der Waals surface area contributed by atoms with E-state index in [-0.39, 0.29) is 5.41 Å². The average Bonchev–Trinajstić information content (AvgIpc) is 3.53. The van der Waals surface area contributed by atoms with Gasteiger partial charge < -0.3 is 4.90 Å². The van der Waals surface area contributed by atoms with Crippen LogP contribution < -0.4 is 4.90 Å². The van der Waals surface area contributed by atoms with Gasteiger partial charge in [0.2, 0.25) is 0 Å². The Balaban J connectivity index is 1.29. The Morgan fingerprint density at radius 2 is 0.931 bits per heavy atom. The van der Waals surface area contributed by atoms with E-state index < -0.39 is 5.54 Å². The van der Waals surface area contributed by atoms with Gasteiger partial charge in [0.05, 0.1) is 5.69 Å². The Morgan fingerprint density at radius 1 is 0.414 bits per heavy atom. The molecule has 0 saturated carbocycles. The van der Waals surface area contributed by atoms with Crippen molar-refractivity contribution in [2.75, 3.05) is 4.90 Å². The highest BCUT2D eigenvalue weighted by atomic mass is 15.2. The van der Waals surface area contributed by atoms with Crippen molar-refractivity contribution in [1.82, 2.24) is 0 Å². The van der Waals surface area contributed by atoms with E-state index in [9.17, 15) is 0 Å². The second kappa shape index (κ2) is 14.5. The summed E-state index contributed by atoms with van der Waals surface area (Å²) in [7, 11) is 0. The smallest absolute Gasteiger partial charge is 0.100 e. The van der Waals surface area contributed by atoms with Gasteiger partial charge in [0.25, 0.3) is 0 Å². The average molecular weight is 744 g/mol. The zero-order valence-corrected chi connectivity index (χ0v) is 33.0. The highest BCUT2D eigenvalue weighted by molar-refractivity contribution is 5.94. The molecule has 2 aliphatic rings. The number of benzene rings is 8. The van der Waals surface area contributed by atoms with Crippen molar-refractivity contribution in [3.8, 4) is 44.5 Å². The highest BCUT2D eigenvalue weighted by Gasteiger charge is 2.46. The van der Waals surface area contributed by atoms with Crippen LogP contribution in [-0.4, -0.2) is 0 Å². The summed E-state index contributed by atoms with van der Waals surface area (Å²) in [6.07, 6.45) is 7.72. The molecule has 1 atom stereocenters. The minimum absolute atomic E-state index is 0.147. The number of para-hydroxylation sites is 1. The Morgan fingerprint density at radius 3 is 1.66 bits per heavy atom. The molecule has 10 rings (SSSR count). The fourth-order valence-electron chi connectivity index (χ4n) is 9.90. The molecule has 0 bridgehead atoms. The molecular formula is C57H45N. The normalized spacial score (nSPS) is 16.3. The summed E-state index contributed by atoms with van der Waals surface area (Å²) in [5, 5.41) is 0. The van der Waals surface area contributed by atoms with E-state index in [1.165, 1.54) is 72.3 Å². The SMILES string of the molecule is CC1(C)c2ccccc2-c2cccc(-c3cccc(N(c4ccccc4-c4ccccc4)C4(c5ccccc5-c5ccccc5)CC=CC=C4c4ccccc4)c3)c21. The molecule has 1 unspecified atom stereocenters. The second-order valence-corrected chi connectivity index (χ2v) is 16.0. The summed E-state index contributed by atoms with van der Waals surface area (Å²) in [5.41, 5.74) is 17.9. The highest BCUT2D eigenvalue weighted by Crippen LogP contribution is 2.57. The lowest BCUT2D eigenvalue weighted by Crippen LogP contribution is -2.46. The molecule has 8 aromatic carbocycles. The lowest BCUT2D eigenvalue weighted by atomic mass is 9.70. The first-order valence-corrected chi connectivity index (χ1v) is 20.4. The maximum Gasteiger partial charge on any atom is 0.100 e. The van der Waals surface area contributed by atoms with Crippen molar-refractivity contribution in [2.24, 2.45) is 0 Å². The van der Waals surface area contributed by atoms with Crippen LogP contribution in [0.3, 0.4) is 0 Å². The monoisotopic (exact) mass is 743 g/mol. The first kappa shape index (κ1) is 35.5. The van der Waals surface area contributed by atoms with Crippen molar-refractivity contribution < 1.29 is 0 Å². The van der Waals surface area contributed by atoms with Gasteiger partial charge in [-0.25, -0.2) is 0 Å². The minimum atomic E-state index is -0.666. The van der Waals surface area contributed by atoms with E-state index in [0.717, 1.165) is 17.8 Å². The predicted molar refractivity (Wildman–Crippen MR) is 245 cm³/mol. The Hall–Kier alpha value is -6.96. The van der Waals surface area contributed by atoms with Gasteiger partial charge in [-0.05, 0) is 91.4 Å². The molecule has 278 valence electrons. The molecular weight excluding hydrogens is 699 g/mol. The standard InChI is InChI=1S/C57H45N/c1-56(2)52-36-15-13-32-49(52)50-34-21-33-48(55(50)56)44-28-20-29-45(40-44)58(54-38-17-14-31-47(54)42-24-8-4-9-25-42)57(39-19-18-35-51(57)43-26-10-5-11-27-43)53-37-16-12-30-46(53)41-22-6-3-7-23-41/h3-38,40H,39H2,1-2H3. The molecule has 2 aliphatic carbocycles. The number of allylic oxidation sites excluding steroid dienone is 2. The van der Waals surface area contributed by atoms with Gasteiger partial charge in [0, 0.05) is 16.7 Å². The van der Waals surface area contributed by atoms with E-state index in [1.54, 1.807) is 0 Å². The van der Waals surface area contributed by atoms with Crippen LogP contribution in [0.25, 0.3) is 50.1 Å². The maximum absolute atomic E-state index is 2.67. The Kier molecular flexibility index (Phi) is 8.88. The molecule has 58 heavy (non-hydrogen) atoms. The van der Waals surface area contributed by atoms with Gasteiger partial charge in [-0.3, -0.25) is 0 Å². The molecule has 1 nitrogen and oxygen atoms in total. The van der Waals surface area contributed by atoms with Crippen LogP contribution in [0.5, 0.6) is 0 Å². The van der Waals surface area contributed by atoms with Gasteiger partial charge in [-0.2, -0.15) is 0 Å². The quantitative estimate of drug-likeness (QED) is 0.150. The summed E-state index contributed by atoms with van der Waals surface area (Å²) < 4.78 is 0. The predicted octanol–water partition coefficient (Wildman–Crippen LogP) is 15.1. The molecule has 0 saturated heterocycles. The zero-order chi connectivity index (χ0) is 39.1. The first-order valence-electron chi connectivity index (χ1n) is 20.4. The Labute approximate surface area is 342 Å². The number of fused-ring (bicyclic) bond motifs is 3. The molecule has 0 aromatic heterocycles. The summed E-state index contributed by atoms with van der Waals surface area (Å²) in [6, 6.07) is 76.0. The number of hydrogen-bond acceptors (Lipinski definition) is 1. The summed E-state index contributed by atoms with van der Waals surface area (Å²) in [4.78, 5) is 2.67. The lowest BCUT2D eigenvalue weighted by Gasteiger charge is -2.50. The summed E-state index contributed by atoms with van der Waals surface area (Å²) in [6.45, 7) is 4.77. The number of nitrogens with zero attached hydrogens (tertiary/aromatic N) is 1. The summed E-state index contributed by atoms with van der Waals surface area (Å²) >= 11 is 0. The Bertz CT molecular complexity index is 2830. The van der Waals surface area contributed by atoms with E-state index in [2.05, 4.69) is 243 Å². The molecule has 1 heteroatoms. The number of hydrogen-bond donors (Lipinski definition) is 0. The van der Waals surface area contributed by atoms with Gasteiger partial charge >= 0.3 is 0 Å². The van der Waals surface area contributed by atoms with Crippen LogP contribution in [-0.2, 0) is 11.0 Å². The van der Waals surface area contributed by atoms with Gasteiger partial charge in [-0.15, -0.1) is 0 Å². The van der Waals surface area contributed by atoms with Crippen LogP contribution >= 0.6 is 0 Å². The third kappa shape index (κ3) is 5.77. The van der Waals surface area contributed by atoms with Gasteiger partial charge in [0.1, 0.15) is 5.54 Å². The largest absolute Gasteiger partial charge is 0.326 e. The second-order valence-electron chi connectivity index (χ2n) is 16.0.